The lowest BCUT2D eigenvalue weighted by atomic mass is 10.2. The zero-order valence-electron chi connectivity index (χ0n) is 14.6. The van der Waals surface area contributed by atoms with Gasteiger partial charge in [-0.15, -0.1) is 0 Å². The van der Waals surface area contributed by atoms with Crippen LogP contribution in [0.4, 0.5) is 5.69 Å². The number of ether oxygens (including phenoxy) is 1. The lowest BCUT2D eigenvalue weighted by Crippen LogP contribution is -2.13. The number of nitrogens with one attached hydrogen (secondary N) is 1. The normalized spacial score (nSPS) is 10.5. The second-order valence-corrected chi connectivity index (χ2v) is 6.45. The molecule has 0 saturated heterocycles. The van der Waals surface area contributed by atoms with Crippen LogP contribution in [0.3, 0.4) is 0 Å². The number of benzene rings is 1. The largest absolute Gasteiger partial charge is 0.494 e. The Morgan fingerprint density at radius 1 is 1.27 bits per heavy atom. The van der Waals surface area contributed by atoms with Gasteiger partial charge < -0.3 is 14.6 Å². The van der Waals surface area contributed by atoms with E-state index in [2.05, 4.69) is 15.5 Å². The van der Waals surface area contributed by atoms with Gasteiger partial charge in [0.25, 0.3) is 5.91 Å². The van der Waals surface area contributed by atoms with Crippen molar-refractivity contribution in [1.29, 1.82) is 0 Å². The molecule has 26 heavy (non-hydrogen) atoms. The van der Waals surface area contributed by atoms with E-state index in [9.17, 15) is 4.79 Å². The number of anilines is 1. The van der Waals surface area contributed by atoms with Crippen LogP contribution in [0, 0.1) is 6.92 Å². The number of aromatic nitrogens is 2. The maximum atomic E-state index is 12.6. The molecule has 3 rings (SSSR count). The zero-order chi connectivity index (χ0) is 18.4. The Morgan fingerprint density at radius 3 is 2.77 bits per heavy atom. The molecule has 2 heterocycles. The highest BCUT2D eigenvalue weighted by Gasteiger charge is 2.14. The number of amides is 1. The molecule has 134 valence electrons. The van der Waals surface area contributed by atoms with Gasteiger partial charge in [-0.1, -0.05) is 16.9 Å². The molecule has 1 aromatic carbocycles. The van der Waals surface area contributed by atoms with Crippen molar-refractivity contribution < 1.29 is 14.1 Å². The number of carbonyl (C=O) groups excluding carboxylic acids is 1. The average molecular weight is 369 g/mol. The van der Waals surface area contributed by atoms with E-state index < -0.39 is 0 Å². The molecule has 3 aromatic rings. The zero-order valence-corrected chi connectivity index (χ0v) is 15.4. The van der Waals surface area contributed by atoms with E-state index in [0.29, 0.717) is 28.6 Å². The fraction of sp³-hybridized carbons (Fsp3) is 0.211. The highest BCUT2D eigenvalue weighted by molar-refractivity contribution is 7.98. The highest BCUT2D eigenvalue weighted by Crippen LogP contribution is 2.25. The molecule has 0 aliphatic heterocycles. The second kappa shape index (κ2) is 8.53. The number of hydrogen-bond acceptors (Lipinski definition) is 6. The Bertz CT molecular complexity index is 878. The Balaban J connectivity index is 1.68. The molecule has 6 nitrogen and oxygen atoms in total. The summed E-state index contributed by atoms with van der Waals surface area (Å²) < 4.78 is 10.5. The van der Waals surface area contributed by atoms with Crippen molar-refractivity contribution in [3.63, 3.8) is 0 Å². The predicted octanol–water partition coefficient (Wildman–Crippen LogP) is 4.32. The lowest BCUT2D eigenvalue weighted by molar-refractivity contribution is 0.102. The van der Waals surface area contributed by atoms with Gasteiger partial charge in [-0.25, -0.2) is 4.98 Å². The molecule has 0 radical (unpaired) electrons. The smallest absolute Gasteiger partial charge is 0.258 e. The van der Waals surface area contributed by atoms with Crippen molar-refractivity contribution in [3.8, 4) is 5.75 Å². The van der Waals surface area contributed by atoms with Crippen LogP contribution in [-0.2, 0) is 5.75 Å². The van der Waals surface area contributed by atoms with Crippen molar-refractivity contribution >= 4 is 23.4 Å². The van der Waals surface area contributed by atoms with Crippen LogP contribution < -0.4 is 10.1 Å². The minimum absolute atomic E-state index is 0.207. The average Bonchev–Trinajstić information content (AvgIpc) is 3.07. The topological polar surface area (TPSA) is 77.2 Å². The van der Waals surface area contributed by atoms with E-state index in [-0.39, 0.29) is 5.91 Å². The maximum Gasteiger partial charge on any atom is 0.258 e. The summed E-state index contributed by atoms with van der Waals surface area (Å²) in [6.45, 7) is 4.38. The fourth-order valence-corrected chi connectivity index (χ4v) is 3.18. The molecule has 0 saturated carbocycles. The lowest BCUT2D eigenvalue weighted by Gasteiger charge is -2.09. The van der Waals surface area contributed by atoms with Crippen LogP contribution in [0.2, 0.25) is 0 Å². The first-order valence-electron chi connectivity index (χ1n) is 8.20. The van der Waals surface area contributed by atoms with Crippen LogP contribution in [0.15, 0.2) is 58.2 Å². The third-order valence-corrected chi connectivity index (χ3v) is 4.51. The molecule has 0 fully saturated rings. The predicted molar refractivity (Wildman–Crippen MR) is 101 cm³/mol. The van der Waals surface area contributed by atoms with Gasteiger partial charge in [0.2, 0.25) is 0 Å². The first kappa shape index (κ1) is 18.0. The van der Waals surface area contributed by atoms with Gasteiger partial charge in [-0.3, -0.25) is 4.79 Å². The van der Waals surface area contributed by atoms with E-state index in [1.807, 2.05) is 44.2 Å². The van der Waals surface area contributed by atoms with Crippen molar-refractivity contribution in [2.75, 3.05) is 11.9 Å². The molecule has 0 spiro atoms. The number of aryl methyl sites for hydroxylation is 1. The molecule has 7 heteroatoms. The van der Waals surface area contributed by atoms with Crippen LogP contribution in [0.25, 0.3) is 0 Å². The van der Waals surface area contributed by atoms with Gasteiger partial charge in [0.05, 0.1) is 17.9 Å². The van der Waals surface area contributed by atoms with Crippen LogP contribution in [0.5, 0.6) is 5.75 Å². The summed E-state index contributed by atoms with van der Waals surface area (Å²) in [6.07, 6.45) is 1.67. The van der Waals surface area contributed by atoms with Gasteiger partial charge in [-0.05, 0) is 50.2 Å². The van der Waals surface area contributed by atoms with Gasteiger partial charge >= 0.3 is 0 Å². The summed E-state index contributed by atoms with van der Waals surface area (Å²) in [4.78, 5) is 17.0. The Morgan fingerprint density at radius 2 is 2.08 bits per heavy atom. The quantitative estimate of drug-likeness (QED) is 0.625. The van der Waals surface area contributed by atoms with Crippen molar-refractivity contribution in [2.45, 2.75) is 24.6 Å². The Labute approximate surface area is 156 Å². The van der Waals surface area contributed by atoms with E-state index in [1.165, 1.54) is 11.8 Å². The third kappa shape index (κ3) is 4.64. The number of hydrogen-bond donors (Lipinski definition) is 1. The SMILES string of the molecule is CCOc1ccc(NC(=O)c2cccnc2SCc2cc(C)on2)cc1. The minimum Gasteiger partial charge on any atom is -0.494 e. The summed E-state index contributed by atoms with van der Waals surface area (Å²) >= 11 is 1.45. The summed E-state index contributed by atoms with van der Waals surface area (Å²) in [7, 11) is 0. The number of carbonyl (C=O) groups is 1. The van der Waals surface area contributed by atoms with Crippen molar-refractivity contribution in [1.82, 2.24) is 10.1 Å². The molecule has 2 aromatic heterocycles. The Kier molecular flexibility index (Phi) is 5.91. The molecular weight excluding hydrogens is 350 g/mol. The first-order valence-corrected chi connectivity index (χ1v) is 9.18. The molecule has 0 aliphatic carbocycles. The van der Waals surface area contributed by atoms with E-state index in [1.54, 1.807) is 18.3 Å². The number of rotatable bonds is 7. The van der Waals surface area contributed by atoms with E-state index in [4.69, 9.17) is 9.26 Å². The maximum absolute atomic E-state index is 12.6. The summed E-state index contributed by atoms with van der Waals surface area (Å²) in [5.74, 6) is 1.90. The van der Waals surface area contributed by atoms with Crippen LogP contribution in [-0.4, -0.2) is 22.7 Å². The number of nitrogens with zero attached hydrogens (tertiary/aromatic N) is 2. The monoisotopic (exact) mass is 369 g/mol. The second-order valence-electron chi connectivity index (χ2n) is 5.49. The van der Waals surface area contributed by atoms with Gasteiger partial charge in [0.15, 0.2) is 0 Å². The van der Waals surface area contributed by atoms with E-state index >= 15 is 0 Å². The van der Waals surface area contributed by atoms with Gasteiger partial charge in [0, 0.05) is 23.7 Å². The number of thioether (sulfide) groups is 1. The van der Waals surface area contributed by atoms with Gasteiger partial charge in [-0.2, -0.15) is 0 Å². The van der Waals surface area contributed by atoms with E-state index in [0.717, 1.165) is 17.2 Å². The van der Waals surface area contributed by atoms with Gasteiger partial charge in [0.1, 0.15) is 16.5 Å². The molecule has 0 atom stereocenters. The molecular formula is C19H19N3O3S. The van der Waals surface area contributed by atoms with Crippen LogP contribution >= 0.6 is 11.8 Å². The highest BCUT2D eigenvalue weighted by atomic mass is 32.2. The van der Waals surface area contributed by atoms with Crippen molar-refractivity contribution in [3.05, 3.63) is 65.7 Å². The molecule has 1 amide bonds. The fourth-order valence-electron chi connectivity index (χ4n) is 2.31. The summed E-state index contributed by atoms with van der Waals surface area (Å²) in [5.41, 5.74) is 2.04. The standard InChI is InChI=1S/C19H19N3O3S/c1-3-24-16-8-6-14(7-9-16)21-18(23)17-5-4-10-20-19(17)26-12-15-11-13(2)25-22-15/h4-11H,3,12H2,1-2H3,(H,21,23). The number of pyridine rings is 1. The first-order chi connectivity index (χ1) is 12.7. The van der Waals surface area contributed by atoms with Crippen LogP contribution in [0.1, 0.15) is 28.7 Å². The van der Waals surface area contributed by atoms with Crippen molar-refractivity contribution in [2.24, 2.45) is 0 Å². The summed E-state index contributed by atoms with van der Waals surface area (Å²) in [5, 5.41) is 7.50. The molecule has 1 N–H and O–H groups in total. The Hall–Kier alpha value is -2.80. The minimum atomic E-state index is -0.207. The third-order valence-electron chi connectivity index (χ3n) is 3.47. The summed E-state index contributed by atoms with van der Waals surface area (Å²) in [6, 6.07) is 12.6. The molecule has 0 aliphatic rings. The molecule has 0 unspecified atom stereocenters. The molecule has 0 bridgehead atoms.